The summed E-state index contributed by atoms with van der Waals surface area (Å²) in [5.41, 5.74) is 0. The number of carboxylic acids is 1. The standard InChI is InChI=1S/C5H8O2.C2H4O2.C2H4/c1-3-5(6)7-4-2;1-2(3)4;1-2/h3H,1,4H2,2H3;1H3,(H,3,4);1-2H2. The van der Waals surface area contributed by atoms with E-state index in [9.17, 15) is 4.79 Å². The quantitative estimate of drug-likeness (QED) is 0.406. The molecule has 0 saturated carbocycles. The molecule has 0 bridgehead atoms. The highest BCUT2D eigenvalue weighted by atomic mass is 16.5. The summed E-state index contributed by atoms with van der Waals surface area (Å²) >= 11 is 0. The van der Waals surface area contributed by atoms with Crippen LogP contribution in [-0.4, -0.2) is 23.7 Å². The number of aliphatic carboxylic acids is 1. The molecule has 1 N–H and O–H groups in total. The Morgan fingerprint density at radius 1 is 1.46 bits per heavy atom. The highest BCUT2D eigenvalue weighted by molar-refractivity contribution is 5.81. The van der Waals surface area contributed by atoms with E-state index in [0.29, 0.717) is 6.61 Å². The van der Waals surface area contributed by atoms with Crippen molar-refractivity contribution in [2.45, 2.75) is 13.8 Å². The van der Waals surface area contributed by atoms with Gasteiger partial charge in [0.1, 0.15) is 0 Å². The average Bonchev–Trinajstić information content (AvgIpc) is 2.07. The Bertz CT molecular complexity index is 148. The van der Waals surface area contributed by atoms with E-state index in [4.69, 9.17) is 9.90 Å². The number of carboxylic acid groups (broad SMARTS) is 1. The van der Waals surface area contributed by atoms with Crippen LogP contribution in [-0.2, 0) is 14.3 Å². The van der Waals surface area contributed by atoms with Gasteiger partial charge in [0, 0.05) is 13.0 Å². The van der Waals surface area contributed by atoms with E-state index in [0.717, 1.165) is 13.0 Å². The Kier molecular flexibility index (Phi) is 22.6. The number of esters is 1. The van der Waals surface area contributed by atoms with Crippen molar-refractivity contribution in [3.05, 3.63) is 25.8 Å². The molecule has 4 heteroatoms. The van der Waals surface area contributed by atoms with Gasteiger partial charge in [-0.3, -0.25) is 4.79 Å². The summed E-state index contributed by atoms with van der Waals surface area (Å²) in [5.74, 6) is -1.19. The third-order valence-corrected chi connectivity index (χ3v) is 0.453. The van der Waals surface area contributed by atoms with Crippen molar-refractivity contribution in [2.75, 3.05) is 6.61 Å². The zero-order valence-corrected chi connectivity index (χ0v) is 8.08. The lowest BCUT2D eigenvalue weighted by molar-refractivity contribution is -0.137. The molecule has 0 unspecified atom stereocenters. The van der Waals surface area contributed by atoms with E-state index < -0.39 is 5.97 Å². The molecule has 0 heterocycles. The lowest BCUT2D eigenvalue weighted by atomic mass is 10.6. The van der Waals surface area contributed by atoms with Crippen LogP contribution in [0.2, 0.25) is 0 Å². The zero-order chi connectivity index (χ0) is 11.3. The Morgan fingerprint density at radius 2 is 1.77 bits per heavy atom. The Labute approximate surface area is 78.5 Å². The summed E-state index contributed by atoms with van der Waals surface area (Å²) in [6.07, 6.45) is 1.14. The minimum atomic E-state index is -0.833. The average molecular weight is 188 g/mol. The van der Waals surface area contributed by atoms with Crippen molar-refractivity contribution in [1.29, 1.82) is 0 Å². The van der Waals surface area contributed by atoms with E-state index in [-0.39, 0.29) is 5.97 Å². The second-order valence-corrected chi connectivity index (χ2v) is 1.48. The first-order chi connectivity index (χ1) is 6.04. The summed E-state index contributed by atoms with van der Waals surface area (Å²) in [5, 5.41) is 7.42. The van der Waals surface area contributed by atoms with Crippen molar-refractivity contribution < 1.29 is 19.4 Å². The van der Waals surface area contributed by atoms with Crippen molar-refractivity contribution in [1.82, 2.24) is 0 Å². The molecule has 0 aliphatic heterocycles. The Hall–Kier alpha value is -1.58. The Balaban J connectivity index is -0.000000142. The molecule has 0 aromatic heterocycles. The van der Waals surface area contributed by atoms with Gasteiger partial charge in [-0.15, -0.1) is 13.2 Å². The van der Waals surface area contributed by atoms with Gasteiger partial charge < -0.3 is 9.84 Å². The maximum atomic E-state index is 10.1. The maximum Gasteiger partial charge on any atom is 0.330 e. The zero-order valence-electron chi connectivity index (χ0n) is 8.08. The Morgan fingerprint density at radius 3 is 1.85 bits per heavy atom. The fraction of sp³-hybridized carbons (Fsp3) is 0.333. The number of carbonyl (C=O) groups excluding carboxylic acids is 1. The fourth-order valence-electron chi connectivity index (χ4n) is 0.201. The van der Waals surface area contributed by atoms with Crippen LogP contribution in [0.15, 0.2) is 25.8 Å². The van der Waals surface area contributed by atoms with Crippen molar-refractivity contribution in [2.24, 2.45) is 0 Å². The first kappa shape index (κ1) is 17.5. The van der Waals surface area contributed by atoms with Gasteiger partial charge in [-0.1, -0.05) is 6.58 Å². The largest absolute Gasteiger partial charge is 0.481 e. The molecule has 0 aromatic carbocycles. The van der Waals surface area contributed by atoms with Crippen molar-refractivity contribution in [3.8, 4) is 0 Å². The molecule has 0 amide bonds. The van der Waals surface area contributed by atoms with Crippen LogP contribution in [0.1, 0.15) is 13.8 Å². The number of hydrogen-bond donors (Lipinski definition) is 1. The maximum absolute atomic E-state index is 10.1. The SMILES string of the molecule is C=C.C=CC(=O)OCC.CC(=O)O. The molecule has 0 aromatic rings. The molecule has 76 valence electrons. The van der Waals surface area contributed by atoms with Gasteiger partial charge in [-0.2, -0.15) is 0 Å². The molecule has 0 rings (SSSR count). The van der Waals surface area contributed by atoms with Crippen LogP contribution in [0, 0.1) is 0 Å². The lowest BCUT2D eigenvalue weighted by Crippen LogP contribution is -1.97. The summed E-state index contributed by atoms with van der Waals surface area (Å²) in [7, 11) is 0. The van der Waals surface area contributed by atoms with Gasteiger partial charge in [0.2, 0.25) is 0 Å². The number of carbonyl (C=O) groups is 2. The van der Waals surface area contributed by atoms with Gasteiger partial charge in [0.05, 0.1) is 6.61 Å². The molecule has 0 saturated heterocycles. The van der Waals surface area contributed by atoms with E-state index in [1.54, 1.807) is 6.92 Å². The second kappa shape index (κ2) is 16.8. The molecule has 0 aliphatic rings. The van der Waals surface area contributed by atoms with E-state index in [2.05, 4.69) is 24.5 Å². The molecule has 0 fully saturated rings. The smallest absolute Gasteiger partial charge is 0.330 e. The summed E-state index contributed by atoms with van der Waals surface area (Å²) in [4.78, 5) is 19.1. The van der Waals surface area contributed by atoms with E-state index in [1.165, 1.54) is 0 Å². The van der Waals surface area contributed by atoms with Crippen LogP contribution < -0.4 is 0 Å². The lowest BCUT2D eigenvalue weighted by Gasteiger charge is -1.90. The van der Waals surface area contributed by atoms with Crippen LogP contribution in [0.3, 0.4) is 0 Å². The highest BCUT2D eigenvalue weighted by Crippen LogP contribution is 1.74. The summed E-state index contributed by atoms with van der Waals surface area (Å²) < 4.78 is 4.43. The molecule has 0 spiro atoms. The van der Waals surface area contributed by atoms with Gasteiger partial charge in [0.25, 0.3) is 5.97 Å². The monoisotopic (exact) mass is 188 g/mol. The van der Waals surface area contributed by atoms with Gasteiger partial charge in [-0.05, 0) is 6.92 Å². The number of ether oxygens (including phenoxy) is 1. The van der Waals surface area contributed by atoms with Crippen molar-refractivity contribution >= 4 is 11.9 Å². The first-order valence-corrected chi connectivity index (χ1v) is 3.53. The molecule has 0 atom stereocenters. The van der Waals surface area contributed by atoms with E-state index in [1.807, 2.05) is 0 Å². The number of hydrogen-bond acceptors (Lipinski definition) is 3. The third-order valence-electron chi connectivity index (χ3n) is 0.453. The van der Waals surface area contributed by atoms with Gasteiger partial charge in [-0.25, -0.2) is 4.79 Å². The highest BCUT2D eigenvalue weighted by Gasteiger charge is 1.86. The minimum absolute atomic E-state index is 0.359. The fourth-order valence-corrected chi connectivity index (χ4v) is 0.201. The van der Waals surface area contributed by atoms with Gasteiger partial charge >= 0.3 is 5.97 Å². The van der Waals surface area contributed by atoms with Crippen LogP contribution in [0.4, 0.5) is 0 Å². The summed E-state index contributed by atoms with van der Waals surface area (Å²) in [6, 6.07) is 0. The normalized spacial score (nSPS) is 6.31. The molecule has 13 heavy (non-hydrogen) atoms. The first-order valence-electron chi connectivity index (χ1n) is 3.53. The molecule has 0 aliphatic carbocycles. The minimum Gasteiger partial charge on any atom is -0.481 e. The topological polar surface area (TPSA) is 63.6 Å². The molecule has 0 radical (unpaired) electrons. The third kappa shape index (κ3) is 63.2. The second-order valence-electron chi connectivity index (χ2n) is 1.48. The predicted octanol–water partition coefficient (Wildman–Crippen LogP) is 1.63. The predicted molar refractivity (Wildman–Crippen MR) is 51.4 cm³/mol. The summed E-state index contributed by atoms with van der Waals surface area (Å²) in [6.45, 7) is 12.5. The van der Waals surface area contributed by atoms with Crippen LogP contribution in [0.25, 0.3) is 0 Å². The van der Waals surface area contributed by atoms with Crippen molar-refractivity contribution in [3.63, 3.8) is 0 Å². The molecule has 4 nitrogen and oxygen atoms in total. The van der Waals surface area contributed by atoms with Crippen LogP contribution >= 0.6 is 0 Å². The number of rotatable bonds is 2. The molecular weight excluding hydrogens is 172 g/mol. The molecular formula is C9H16O4. The van der Waals surface area contributed by atoms with Crippen LogP contribution in [0.5, 0.6) is 0 Å². The van der Waals surface area contributed by atoms with E-state index >= 15 is 0 Å². The van der Waals surface area contributed by atoms with Gasteiger partial charge in [0.15, 0.2) is 0 Å².